The van der Waals surface area contributed by atoms with Crippen LogP contribution in [0.15, 0.2) is 12.1 Å². The van der Waals surface area contributed by atoms with Gasteiger partial charge in [0.15, 0.2) is 17.4 Å². The quantitative estimate of drug-likeness (QED) is 0.806. The topological polar surface area (TPSA) is 50.4 Å². The summed E-state index contributed by atoms with van der Waals surface area (Å²) in [5, 5.41) is 5.19. The fourth-order valence-corrected chi connectivity index (χ4v) is 1.43. The lowest BCUT2D eigenvalue weighted by molar-refractivity contribution is -0.121. The normalized spacial score (nSPS) is 10.2. The molecule has 4 nitrogen and oxygen atoms in total. The Balaban J connectivity index is 2.68. The van der Waals surface area contributed by atoms with E-state index in [4.69, 9.17) is 4.74 Å². The Bertz CT molecular complexity index is 402. The van der Waals surface area contributed by atoms with E-state index in [9.17, 15) is 13.6 Å². The first-order valence-electron chi connectivity index (χ1n) is 5.54. The lowest BCUT2D eigenvalue weighted by Crippen LogP contribution is -2.20. The third-order valence-corrected chi connectivity index (χ3v) is 2.29. The molecule has 0 saturated heterocycles. The summed E-state index contributed by atoms with van der Waals surface area (Å²) >= 11 is 0. The van der Waals surface area contributed by atoms with Gasteiger partial charge in [0, 0.05) is 13.6 Å². The number of halogens is 2. The number of hydrogen-bond acceptors (Lipinski definition) is 3. The van der Waals surface area contributed by atoms with Crippen molar-refractivity contribution in [3.8, 4) is 5.75 Å². The van der Waals surface area contributed by atoms with Gasteiger partial charge in [-0.15, -0.1) is 0 Å². The number of benzene rings is 1. The maximum Gasteiger partial charge on any atom is 0.223 e. The van der Waals surface area contributed by atoms with Gasteiger partial charge >= 0.3 is 0 Å². The molecule has 1 aromatic carbocycles. The van der Waals surface area contributed by atoms with Gasteiger partial charge in [-0.2, -0.15) is 0 Å². The Morgan fingerprint density at radius 3 is 2.39 bits per heavy atom. The molecule has 0 aliphatic carbocycles. The van der Waals surface area contributed by atoms with Crippen molar-refractivity contribution in [1.29, 1.82) is 0 Å². The smallest absolute Gasteiger partial charge is 0.223 e. The second kappa shape index (κ2) is 6.90. The monoisotopic (exact) mass is 258 g/mol. The molecule has 0 radical (unpaired) electrons. The van der Waals surface area contributed by atoms with Gasteiger partial charge in [0.2, 0.25) is 5.91 Å². The number of amides is 1. The molecule has 1 aromatic rings. The predicted octanol–water partition coefficient (Wildman–Crippen LogP) is 1.20. The lowest BCUT2D eigenvalue weighted by Gasteiger charge is -2.09. The molecule has 0 fully saturated rings. The fraction of sp³-hybridized carbons (Fsp3) is 0.417. The van der Waals surface area contributed by atoms with E-state index < -0.39 is 17.4 Å². The standard InChI is InChI=1S/C12H16F2N2O2/c1-15-7-8-5-9(13)12(10(14)6-8)18-4-3-11(17)16-2/h5-6,15H,3-4,7H2,1-2H3,(H,16,17). The van der Waals surface area contributed by atoms with Crippen LogP contribution in [0.5, 0.6) is 5.75 Å². The van der Waals surface area contributed by atoms with Crippen molar-refractivity contribution in [3.63, 3.8) is 0 Å². The highest BCUT2D eigenvalue weighted by molar-refractivity contribution is 5.75. The van der Waals surface area contributed by atoms with E-state index in [-0.39, 0.29) is 18.9 Å². The predicted molar refractivity (Wildman–Crippen MR) is 63.3 cm³/mol. The third kappa shape index (κ3) is 3.96. The summed E-state index contributed by atoms with van der Waals surface area (Å²) in [4.78, 5) is 10.9. The summed E-state index contributed by atoms with van der Waals surface area (Å²) < 4.78 is 32.0. The summed E-state index contributed by atoms with van der Waals surface area (Å²) in [6, 6.07) is 2.41. The van der Waals surface area contributed by atoms with Crippen LogP contribution in [0.2, 0.25) is 0 Å². The van der Waals surface area contributed by atoms with Gasteiger partial charge in [0.1, 0.15) is 0 Å². The number of rotatable bonds is 6. The van der Waals surface area contributed by atoms with Crippen LogP contribution in [0.1, 0.15) is 12.0 Å². The van der Waals surface area contributed by atoms with Gasteiger partial charge in [0.05, 0.1) is 13.0 Å². The molecule has 0 aliphatic rings. The van der Waals surface area contributed by atoms with E-state index in [2.05, 4.69) is 10.6 Å². The average molecular weight is 258 g/mol. The number of carbonyl (C=O) groups is 1. The molecular formula is C12H16F2N2O2. The van der Waals surface area contributed by atoms with Gasteiger partial charge in [-0.1, -0.05) is 0 Å². The van der Waals surface area contributed by atoms with Crippen molar-refractivity contribution in [2.24, 2.45) is 0 Å². The zero-order valence-electron chi connectivity index (χ0n) is 10.3. The van der Waals surface area contributed by atoms with E-state index in [1.165, 1.54) is 19.2 Å². The summed E-state index contributed by atoms with van der Waals surface area (Å²) in [5.41, 5.74) is 0.492. The van der Waals surface area contributed by atoms with Crippen molar-refractivity contribution < 1.29 is 18.3 Å². The first-order chi connectivity index (χ1) is 8.58. The maximum absolute atomic E-state index is 13.5. The SMILES string of the molecule is CNCc1cc(F)c(OCCC(=O)NC)c(F)c1. The first kappa shape index (κ1) is 14.4. The Hall–Kier alpha value is -1.69. The molecule has 0 spiro atoms. The first-order valence-corrected chi connectivity index (χ1v) is 5.54. The molecule has 1 amide bonds. The number of carbonyl (C=O) groups excluding carboxylic acids is 1. The summed E-state index contributed by atoms with van der Waals surface area (Å²) in [6.45, 7) is 0.297. The molecule has 0 unspecified atom stereocenters. The van der Waals surface area contributed by atoms with Crippen LogP contribution < -0.4 is 15.4 Å². The van der Waals surface area contributed by atoms with Gasteiger partial charge in [-0.05, 0) is 24.7 Å². The van der Waals surface area contributed by atoms with E-state index in [1.54, 1.807) is 7.05 Å². The van der Waals surface area contributed by atoms with E-state index in [0.717, 1.165) is 0 Å². The van der Waals surface area contributed by atoms with Crippen molar-refractivity contribution >= 4 is 5.91 Å². The van der Waals surface area contributed by atoms with Gasteiger partial charge in [0.25, 0.3) is 0 Å². The van der Waals surface area contributed by atoms with E-state index in [0.29, 0.717) is 12.1 Å². The Kier molecular flexibility index (Phi) is 5.51. The van der Waals surface area contributed by atoms with Crippen LogP contribution in [0.3, 0.4) is 0 Å². The maximum atomic E-state index is 13.5. The van der Waals surface area contributed by atoms with Crippen LogP contribution >= 0.6 is 0 Å². The second-order valence-electron chi connectivity index (χ2n) is 3.69. The average Bonchev–Trinajstić information content (AvgIpc) is 2.32. The van der Waals surface area contributed by atoms with Crippen molar-refractivity contribution in [1.82, 2.24) is 10.6 Å². The van der Waals surface area contributed by atoms with Crippen molar-refractivity contribution in [2.45, 2.75) is 13.0 Å². The largest absolute Gasteiger partial charge is 0.487 e. The van der Waals surface area contributed by atoms with Gasteiger partial charge in [-0.25, -0.2) is 8.78 Å². The minimum atomic E-state index is -0.767. The molecule has 0 aliphatic heterocycles. The highest BCUT2D eigenvalue weighted by Gasteiger charge is 2.12. The number of hydrogen-bond donors (Lipinski definition) is 2. The van der Waals surface area contributed by atoms with Crippen LogP contribution in [-0.2, 0) is 11.3 Å². The van der Waals surface area contributed by atoms with Gasteiger partial charge in [-0.3, -0.25) is 4.79 Å². The van der Waals surface area contributed by atoms with Gasteiger partial charge < -0.3 is 15.4 Å². The second-order valence-corrected chi connectivity index (χ2v) is 3.69. The lowest BCUT2D eigenvalue weighted by atomic mass is 10.2. The van der Waals surface area contributed by atoms with Crippen LogP contribution in [-0.4, -0.2) is 26.6 Å². The molecule has 0 bridgehead atoms. The molecular weight excluding hydrogens is 242 g/mol. The highest BCUT2D eigenvalue weighted by atomic mass is 19.1. The highest BCUT2D eigenvalue weighted by Crippen LogP contribution is 2.23. The molecule has 0 atom stereocenters. The van der Waals surface area contributed by atoms with Crippen LogP contribution in [0.4, 0.5) is 8.78 Å². The minimum absolute atomic E-state index is 0.0493. The van der Waals surface area contributed by atoms with Crippen molar-refractivity contribution in [2.75, 3.05) is 20.7 Å². The molecule has 0 heterocycles. The minimum Gasteiger partial charge on any atom is -0.487 e. The third-order valence-electron chi connectivity index (χ3n) is 2.29. The Labute approximate surface area is 104 Å². The van der Waals surface area contributed by atoms with E-state index >= 15 is 0 Å². The zero-order valence-corrected chi connectivity index (χ0v) is 10.3. The summed E-state index contributed by atoms with van der Waals surface area (Å²) in [5.74, 6) is -2.23. The summed E-state index contributed by atoms with van der Waals surface area (Å²) in [7, 11) is 3.17. The molecule has 0 saturated carbocycles. The van der Waals surface area contributed by atoms with Crippen LogP contribution in [0.25, 0.3) is 0 Å². The zero-order chi connectivity index (χ0) is 13.5. The van der Waals surface area contributed by atoms with Crippen LogP contribution in [0, 0.1) is 11.6 Å². The molecule has 0 aromatic heterocycles. The molecule has 2 N–H and O–H groups in total. The summed E-state index contributed by atoms with van der Waals surface area (Å²) in [6.07, 6.45) is 0.0493. The number of nitrogens with one attached hydrogen (secondary N) is 2. The molecule has 100 valence electrons. The van der Waals surface area contributed by atoms with Crippen molar-refractivity contribution in [3.05, 3.63) is 29.3 Å². The fourth-order valence-electron chi connectivity index (χ4n) is 1.43. The molecule has 18 heavy (non-hydrogen) atoms. The Morgan fingerprint density at radius 1 is 1.28 bits per heavy atom. The Morgan fingerprint density at radius 2 is 1.89 bits per heavy atom. The van der Waals surface area contributed by atoms with E-state index in [1.807, 2.05) is 0 Å². The number of ether oxygens (including phenoxy) is 1. The molecule has 1 rings (SSSR count). The molecule has 6 heteroatoms.